The van der Waals surface area contributed by atoms with Crippen molar-refractivity contribution in [2.24, 2.45) is 0 Å². The van der Waals surface area contributed by atoms with Gasteiger partial charge in [0.05, 0.1) is 29.7 Å². The first-order valence-electron chi connectivity index (χ1n) is 10.9. The van der Waals surface area contributed by atoms with Crippen LogP contribution in [0.15, 0.2) is 46.9 Å². The lowest BCUT2D eigenvalue weighted by Gasteiger charge is -2.37. The van der Waals surface area contributed by atoms with Crippen LogP contribution in [0.5, 0.6) is 11.5 Å². The minimum Gasteiger partial charge on any atom is -0.507 e. The van der Waals surface area contributed by atoms with E-state index in [1.165, 1.54) is 24.3 Å². The van der Waals surface area contributed by atoms with Crippen molar-refractivity contribution >= 4 is 17.2 Å². The maximum atomic E-state index is 13.0. The topological polar surface area (TPSA) is 124 Å². The van der Waals surface area contributed by atoms with Crippen molar-refractivity contribution in [1.29, 1.82) is 0 Å². The van der Waals surface area contributed by atoms with Crippen molar-refractivity contribution < 1.29 is 34.9 Å². The van der Waals surface area contributed by atoms with E-state index in [0.717, 1.165) is 0 Å². The Hall–Kier alpha value is -3.26. The molecule has 2 unspecified atom stereocenters. The van der Waals surface area contributed by atoms with Crippen LogP contribution in [0.1, 0.15) is 39.2 Å². The Morgan fingerprint density at radius 3 is 1.81 bits per heavy atom. The van der Waals surface area contributed by atoms with Crippen LogP contribution in [0.2, 0.25) is 0 Å². The van der Waals surface area contributed by atoms with Gasteiger partial charge in [0.25, 0.3) is 0 Å². The number of aliphatic hydroxyl groups is 3. The lowest BCUT2D eigenvalue weighted by molar-refractivity contribution is -0.519. The van der Waals surface area contributed by atoms with Gasteiger partial charge in [0.15, 0.2) is 5.78 Å². The van der Waals surface area contributed by atoms with E-state index in [-0.39, 0.29) is 39.7 Å². The standard InChI is InChI=1S/C24H30N2O6/c1-5-25(6-2)13-9-15(27)19(16(28)10-13)21-23(31)22(24(21)32)20-17(29)11-14(12-18(20)30)26(7-3)8-4/h9-12,21,23,31H,5-8H2,1-4H3,(H3,27,28,29,30)/p+1. The number of rotatable bonds is 6. The number of carbonyl (C=O) groups excluding carboxylic acids is 1. The minimum absolute atomic E-state index is 0.0686. The Morgan fingerprint density at radius 2 is 1.41 bits per heavy atom. The molecule has 0 saturated heterocycles. The SMILES string of the molecule is CCN(CC)c1cc(O)c(C2C(=O)C(=C3C(O)=CC(=[N+](CC)CC)C=C3O)C2O)c(O)c1. The molecule has 0 aromatic heterocycles. The number of aliphatic hydroxyl groups excluding tert-OH is 3. The van der Waals surface area contributed by atoms with E-state index in [4.69, 9.17) is 0 Å². The number of ketones is 1. The summed E-state index contributed by atoms with van der Waals surface area (Å²) in [6.07, 6.45) is 1.47. The first kappa shape index (κ1) is 23.4. The molecule has 2 aliphatic rings. The monoisotopic (exact) mass is 443 g/mol. The lowest BCUT2D eigenvalue weighted by Crippen LogP contribution is -2.44. The van der Waals surface area contributed by atoms with E-state index in [2.05, 4.69) is 0 Å². The second-order valence-corrected chi connectivity index (χ2v) is 7.80. The predicted molar refractivity (Wildman–Crippen MR) is 122 cm³/mol. The van der Waals surface area contributed by atoms with Crippen molar-refractivity contribution in [1.82, 2.24) is 0 Å². The van der Waals surface area contributed by atoms with E-state index in [1.807, 2.05) is 37.2 Å². The quantitative estimate of drug-likeness (QED) is 0.338. The zero-order valence-corrected chi connectivity index (χ0v) is 18.8. The molecule has 5 N–H and O–H groups in total. The Bertz CT molecular complexity index is 1010. The number of nitrogens with zero attached hydrogens (tertiary/aromatic N) is 2. The smallest absolute Gasteiger partial charge is 0.207 e. The summed E-state index contributed by atoms with van der Waals surface area (Å²) in [4.78, 5) is 14.9. The van der Waals surface area contributed by atoms with Crippen LogP contribution in [-0.4, -0.2) is 73.9 Å². The number of carbonyl (C=O) groups is 1. The van der Waals surface area contributed by atoms with E-state index >= 15 is 0 Å². The highest BCUT2D eigenvalue weighted by molar-refractivity contribution is 6.13. The molecule has 8 nitrogen and oxygen atoms in total. The van der Waals surface area contributed by atoms with Gasteiger partial charge in [-0.05, 0) is 27.7 Å². The van der Waals surface area contributed by atoms with Gasteiger partial charge in [-0.2, -0.15) is 0 Å². The van der Waals surface area contributed by atoms with Gasteiger partial charge in [-0.3, -0.25) is 4.79 Å². The van der Waals surface area contributed by atoms with Crippen molar-refractivity contribution in [3.8, 4) is 11.5 Å². The number of allylic oxidation sites excluding steroid dienone is 2. The zero-order chi connectivity index (χ0) is 23.7. The molecule has 0 aliphatic heterocycles. The Kier molecular flexibility index (Phi) is 6.64. The van der Waals surface area contributed by atoms with Gasteiger partial charge in [0.2, 0.25) is 5.71 Å². The molecule has 1 fully saturated rings. The summed E-state index contributed by atoms with van der Waals surface area (Å²) in [7, 11) is 0. The largest absolute Gasteiger partial charge is 0.507 e. The lowest BCUT2D eigenvalue weighted by atomic mass is 9.68. The first-order chi connectivity index (χ1) is 15.2. The van der Waals surface area contributed by atoms with Gasteiger partial charge in [-0.15, -0.1) is 0 Å². The predicted octanol–water partition coefficient (Wildman–Crippen LogP) is 2.66. The summed E-state index contributed by atoms with van der Waals surface area (Å²) >= 11 is 0. The second kappa shape index (κ2) is 9.08. The number of anilines is 1. The van der Waals surface area contributed by atoms with Crippen LogP contribution in [-0.2, 0) is 4.79 Å². The summed E-state index contributed by atoms with van der Waals surface area (Å²) in [5.74, 6) is -3.02. The fraction of sp³-hybridized carbons (Fsp3) is 0.417. The van der Waals surface area contributed by atoms with Crippen molar-refractivity contribution in [2.45, 2.75) is 39.7 Å². The zero-order valence-electron chi connectivity index (χ0n) is 18.8. The van der Waals surface area contributed by atoms with Gasteiger partial charge >= 0.3 is 0 Å². The highest BCUT2D eigenvalue weighted by atomic mass is 16.3. The molecule has 0 heterocycles. The molecule has 172 valence electrons. The van der Waals surface area contributed by atoms with Crippen LogP contribution in [0.25, 0.3) is 0 Å². The van der Waals surface area contributed by atoms with Crippen LogP contribution in [0.3, 0.4) is 0 Å². The van der Waals surface area contributed by atoms with Crippen LogP contribution in [0.4, 0.5) is 5.69 Å². The fourth-order valence-corrected chi connectivity index (χ4v) is 4.43. The van der Waals surface area contributed by atoms with Crippen LogP contribution >= 0.6 is 0 Å². The number of phenolic OH excluding ortho intramolecular Hbond substituents is 2. The van der Waals surface area contributed by atoms with E-state index < -0.39 is 17.8 Å². The Morgan fingerprint density at radius 1 is 0.906 bits per heavy atom. The molecule has 3 rings (SSSR count). The summed E-state index contributed by atoms with van der Waals surface area (Å²) in [6.45, 7) is 10.4. The molecule has 2 atom stereocenters. The van der Waals surface area contributed by atoms with Crippen molar-refractivity contribution in [3.05, 3.63) is 52.5 Å². The third-order valence-corrected chi connectivity index (χ3v) is 6.20. The van der Waals surface area contributed by atoms with Gasteiger partial charge < -0.3 is 30.4 Å². The normalized spacial score (nSPS) is 20.7. The fourth-order valence-electron chi connectivity index (χ4n) is 4.43. The number of hydrogen-bond donors (Lipinski definition) is 5. The molecular weight excluding hydrogens is 412 g/mol. The van der Waals surface area contributed by atoms with Crippen molar-refractivity contribution in [3.63, 3.8) is 0 Å². The molecular formula is C24H31N2O6+. The van der Waals surface area contributed by atoms with E-state index in [0.29, 0.717) is 37.6 Å². The van der Waals surface area contributed by atoms with Crippen LogP contribution in [0, 0.1) is 0 Å². The summed E-state index contributed by atoms with van der Waals surface area (Å²) in [5, 5.41) is 52.9. The number of aromatic hydroxyl groups is 2. The Balaban J connectivity index is 2.01. The molecule has 0 amide bonds. The van der Waals surface area contributed by atoms with E-state index in [9.17, 15) is 30.3 Å². The van der Waals surface area contributed by atoms with Gasteiger partial charge in [0, 0.05) is 42.0 Å². The summed E-state index contributed by atoms with van der Waals surface area (Å²) in [6, 6.07) is 2.90. The number of hydrogen-bond acceptors (Lipinski definition) is 7. The molecule has 32 heavy (non-hydrogen) atoms. The third kappa shape index (κ3) is 3.75. The average molecular weight is 444 g/mol. The molecule has 1 aromatic rings. The van der Waals surface area contributed by atoms with Gasteiger partial charge in [-0.25, -0.2) is 4.58 Å². The van der Waals surface area contributed by atoms with Crippen LogP contribution < -0.4 is 4.90 Å². The number of benzene rings is 1. The van der Waals surface area contributed by atoms with E-state index in [1.54, 1.807) is 0 Å². The number of Topliss-reactive ketones (excluding diaryl/α,β-unsaturated/α-hetero) is 1. The maximum Gasteiger partial charge on any atom is 0.207 e. The molecule has 1 saturated carbocycles. The van der Waals surface area contributed by atoms with Gasteiger partial charge in [0.1, 0.15) is 36.1 Å². The second-order valence-electron chi connectivity index (χ2n) is 7.80. The minimum atomic E-state index is -1.41. The molecule has 0 spiro atoms. The third-order valence-electron chi connectivity index (χ3n) is 6.20. The van der Waals surface area contributed by atoms with Gasteiger partial charge in [-0.1, -0.05) is 0 Å². The summed E-state index contributed by atoms with van der Waals surface area (Å²) < 4.78 is 1.92. The first-order valence-corrected chi connectivity index (χ1v) is 10.9. The molecule has 1 aromatic carbocycles. The molecule has 0 bridgehead atoms. The highest BCUT2D eigenvalue weighted by Gasteiger charge is 2.50. The average Bonchev–Trinajstić information content (AvgIpc) is 2.75. The molecule has 2 aliphatic carbocycles. The van der Waals surface area contributed by atoms with Crippen molar-refractivity contribution in [2.75, 3.05) is 31.1 Å². The highest BCUT2D eigenvalue weighted by Crippen LogP contribution is 2.49. The Labute approximate surface area is 187 Å². The maximum absolute atomic E-state index is 13.0. The molecule has 8 heteroatoms. The number of phenols is 2. The molecule has 0 radical (unpaired) electrons. The summed E-state index contributed by atoms with van der Waals surface area (Å²) in [5.41, 5.74) is 0.841.